The topological polar surface area (TPSA) is 69.2 Å². The molecule has 0 radical (unpaired) electrons. The van der Waals surface area contributed by atoms with E-state index in [1.54, 1.807) is 12.4 Å². The van der Waals surface area contributed by atoms with Gasteiger partial charge in [0, 0.05) is 35.8 Å². The number of H-pyrrole nitrogens is 1. The predicted molar refractivity (Wildman–Crippen MR) is 122 cm³/mol. The van der Waals surface area contributed by atoms with Crippen LogP contribution in [0.15, 0.2) is 79.1 Å². The zero-order valence-electron chi connectivity index (χ0n) is 17.2. The SMILES string of the molecule is O=C(c1ccc(-c2ccccc2)cc1)N1CCCC1C(O)Cc1cc2ccncc2[nH]1. The van der Waals surface area contributed by atoms with Crippen LogP contribution < -0.4 is 0 Å². The Hall–Kier alpha value is -3.44. The first-order valence-electron chi connectivity index (χ1n) is 10.8. The molecule has 1 aliphatic heterocycles. The number of aromatic nitrogens is 2. The van der Waals surface area contributed by atoms with Crippen molar-refractivity contribution in [3.63, 3.8) is 0 Å². The van der Waals surface area contributed by atoms with E-state index in [1.165, 1.54) is 0 Å². The van der Waals surface area contributed by atoms with E-state index in [-0.39, 0.29) is 11.9 Å². The monoisotopic (exact) mass is 411 g/mol. The standard InChI is InChI=1S/C26H25N3O2/c30-25(16-22-15-21-12-13-27-17-23(21)28-22)24-7-4-14-29(24)26(31)20-10-8-19(9-11-20)18-5-2-1-3-6-18/h1-3,5-6,8-13,15,17,24-25,28,30H,4,7,14,16H2. The van der Waals surface area contributed by atoms with Gasteiger partial charge in [0.25, 0.3) is 5.91 Å². The normalized spacial score (nSPS) is 17.2. The number of carbonyl (C=O) groups excluding carboxylic acids is 1. The van der Waals surface area contributed by atoms with E-state index in [0.717, 1.165) is 40.6 Å². The molecule has 1 amide bonds. The average molecular weight is 412 g/mol. The summed E-state index contributed by atoms with van der Waals surface area (Å²) in [5, 5.41) is 12.0. The molecule has 3 heterocycles. The summed E-state index contributed by atoms with van der Waals surface area (Å²) in [7, 11) is 0. The molecule has 0 saturated carbocycles. The fourth-order valence-corrected chi connectivity index (χ4v) is 4.55. The molecule has 2 atom stereocenters. The summed E-state index contributed by atoms with van der Waals surface area (Å²) in [6, 6.07) is 21.7. The Morgan fingerprint density at radius 2 is 1.87 bits per heavy atom. The zero-order valence-corrected chi connectivity index (χ0v) is 17.2. The van der Waals surface area contributed by atoms with Crippen molar-refractivity contribution < 1.29 is 9.90 Å². The van der Waals surface area contributed by atoms with Crippen molar-refractivity contribution in [1.29, 1.82) is 0 Å². The van der Waals surface area contributed by atoms with Crippen LogP contribution in [0.1, 0.15) is 28.9 Å². The molecule has 2 unspecified atom stereocenters. The van der Waals surface area contributed by atoms with Gasteiger partial charge in [-0.3, -0.25) is 9.78 Å². The number of amides is 1. The lowest BCUT2D eigenvalue weighted by Gasteiger charge is -2.28. The number of aliphatic hydroxyl groups excluding tert-OH is 1. The van der Waals surface area contributed by atoms with Gasteiger partial charge < -0.3 is 15.0 Å². The number of benzene rings is 2. The van der Waals surface area contributed by atoms with Crippen LogP contribution in [0, 0.1) is 0 Å². The van der Waals surface area contributed by atoms with Crippen molar-refractivity contribution >= 4 is 16.8 Å². The lowest BCUT2D eigenvalue weighted by molar-refractivity contribution is 0.0488. The summed E-state index contributed by atoms with van der Waals surface area (Å²) in [5.41, 5.74) is 4.80. The van der Waals surface area contributed by atoms with Crippen molar-refractivity contribution in [1.82, 2.24) is 14.9 Å². The third-order valence-corrected chi connectivity index (χ3v) is 6.15. The molecule has 4 aromatic rings. The van der Waals surface area contributed by atoms with Crippen LogP contribution in [-0.2, 0) is 6.42 Å². The van der Waals surface area contributed by atoms with Gasteiger partial charge in [0.1, 0.15) is 0 Å². The third-order valence-electron chi connectivity index (χ3n) is 6.15. The molecule has 0 bridgehead atoms. The van der Waals surface area contributed by atoms with Crippen molar-refractivity contribution in [3.8, 4) is 11.1 Å². The van der Waals surface area contributed by atoms with E-state index in [9.17, 15) is 9.90 Å². The van der Waals surface area contributed by atoms with Crippen molar-refractivity contribution in [3.05, 3.63) is 90.4 Å². The predicted octanol–water partition coefficient (Wildman–Crippen LogP) is 4.44. The molecule has 31 heavy (non-hydrogen) atoms. The number of likely N-dealkylation sites (tertiary alicyclic amines) is 1. The van der Waals surface area contributed by atoms with Gasteiger partial charge in [0.15, 0.2) is 0 Å². The largest absolute Gasteiger partial charge is 0.391 e. The van der Waals surface area contributed by atoms with Crippen LogP contribution in [-0.4, -0.2) is 44.6 Å². The van der Waals surface area contributed by atoms with Crippen molar-refractivity contribution in [2.24, 2.45) is 0 Å². The molecule has 156 valence electrons. The number of aliphatic hydroxyl groups is 1. The molecule has 1 aliphatic rings. The molecule has 5 nitrogen and oxygen atoms in total. The lowest BCUT2D eigenvalue weighted by Crippen LogP contribution is -2.43. The van der Waals surface area contributed by atoms with E-state index in [2.05, 4.69) is 22.1 Å². The first-order valence-corrected chi connectivity index (χ1v) is 10.8. The highest BCUT2D eigenvalue weighted by atomic mass is 16.3. The number of fused-ring (bicyclic) bond motifs is 1. The minimum atomic E-state index is -0.615. The molecule has 5 heteroatoms. The van der Waals surface area contributed by atoms with E-state index < -0.39 is 6.10 Å². The van der Waals surface area contributed by atoms with Crippen LogP contribution in [0.5, 0.6) is 0 Å². The van der Waals surface area contributed by atoms with Gasteiger partial charge in [-0.25, -0.2) is 0 Å². The van der Waals surface area contributed by atoms with Gasteiger partial charge in [-0.15, -0.1) is 0 Å². The molecular formula is C26H25N3O2. The summed E-state index contributed by atoms with van der Waals surface area (Å²) < 4.78 is 0. The van der Waals surface area contributed by atoms with Crippen molar-refractivity contribution in [2.75, 3.05) is 6.54 Å². The second kappa shape index (κ2) is 8.36. The number of pyridine rings is 1. The van der Waals surface area contributed by atoms with Crippen LogP contribution in [0.4, 0.5) is 0 Å². The Labute approximate surface area is 181 Å². The molecule has 1 saturated heterocycles. The second-order valence-electron chi connectivity index (χ2n) is 8.18. The molecule has 2 N–H and O–H groups in total. The number of nitrogens with zero attached hydrogens (tertiary/aromatic N) is 2. The summed E-state index contributed by atoms with van der Waals surface area (Å²) in [6.07, 6.45) is 5.14. The average Bonchev–Trinajstić information content (AvgIpc) is 3.46. The number of hydrogen-bond acceptors (Lipinski definition) is 3. The number of aromatic amines is 1. The minimum Gasteiger partial charge on any atom is -0.391 e. The zero-order chi connectivity index (χ0) is 21.2. The molecule has 2 aromatic heterocycles. The van der Waals surface area contributed by atoms with Gasteiger partial charge in [-0.1, -0.05) is 42.5 Å². The van der Waals surface area contributed by atoms with Gasteiger partial charge in [-0.2, -0.15) is 0 Å². The molecule has 2 aromatic carbocycles. The maximum absolute atomic E-state index is 13.2. The highest BCUT2D eigenvalue weighted by Crippen LogP contribution is 2.26. The first-order chi connectivity index (χ1) is 15.2. The molecule has 5 rings (SSSR count). The first kappa shape index (κ1) is 19.5. The van der Waals surface area contributed by atoms with E-state index in [4.69, 9.17) is 0 Å². The fourth-order valence-electron chi connectivity index (χ4n) is 4.55. The number of carbonyl (C=O) groups is 1. The van der Waals surface area contributed by atoms with Crippen LogP contribution in [0.2, 0.25) is 0 Å². The van der Waals surface area contributed by atoms with Gasteiger partial charge in [0.2, 0.25) is 0 Å². The summed E-state index contributed by atoms with van der Waals surface area (Å²) >= 11 is 0. The summed E-state index contributed by atoms with van der Waals surface area (Å²) in [5.74, 6) is -0.0120. The number of hydrogen-bond donors (Lipinski definition) is 2. The Morgan fingerprint density at radius 1 is 1.10 bits per heavy atom. The third kappa shape index (κ3) is 3.97. The van der Waals surface area contributed by atoms with E-state index in [0.29, 0.717) is 18.5 Å². The summed E-state index contributed by atoms with van der Waals surface area (Å²) in [6.45, 7) is 0.678. The van der Waals surface area contributed by atoms with Crippen molar-refractivity contribution in [2.45, 2.75) is 31.4 Å². The Bertz CT molecular complexity index is 1150. The Balaban J connectivity index is 1.30. The second-order valence-corrected chi connectivity index (χ2v) is 8.18. The molecule has 1 fully saturated rings. The maximum Gasteiger partial charge on any atom is 0.254 e. The van der Waals surface area contributed by atoms with E-state index in [1.807, 2.05) is 59.5 Å². The van der Waals surface area contributed by atoms with Crippen LogP contribution in [0.25, 0.3) is 22.0 Å². The number of rotatable bonds is 5. The van der Waals surface area contributed by atoms with Crippen LogP contribution in [0.3, 0.4) is 0 Å². The quantitative estimate of drug-likeness (QED) is 0.510. The highest BCUT2D eigenvalue weighted by Gasteiger charge is 2.34. The van der Waals surface area contributed by atoms with Gasteiger partial charge in [0.05, 0.1) is 23.9 Å². The molecular weight excluding hydrogens is 386 g/mol. The molecule has 0 spiro atoms. The Kier molecular flexibility index (Phi) is 5.26. The van der Waals surface area contributed by atoms with Gasteiger partial charge >= 0.3 is 0 Å². The lowest BCUT2D eigenvalue weighted by atomic mass is 10.0. The van der Waals surface area contributed by atoms with Gasteiger partial charge in [-0.05, 0) is 48.2 Å². The van der Waals surface area contributed by atoms with E-state index >= 15 is 0 Å². The minimum absolute atomic E-state index is 0.0120. The number of nitrogens with one attached hydrogen (secondary N) is 1. The maximum atomic E-state index is 13.2. The highest BCUT2D eigenvalue weighted by molar-refractivity contribution is 5.95. The molecule has 0 aliphatic carbocycles. The Morgan fingerprint density at radius 3 is 2.65 bits per heavy atom. The van der Waals surface area contributed by atoms with Crippen LogP contribution >= 0.6 is 0 Å². The smallest absolute Gasteiger partial charge is 0.254 e. The summed E-state index contributed by atoms with van der Waals surface area (Å²) in [4.78, 5) is 22.5. The fraction of sp³-hybridized carbons (Fsp3) is 0.231.